The number of carbonyl (C=O) groups is 2. The van der Waals surface area contributed by atoms with Crippen molar-refractivity contribution >= 4 is 23.2 Å². The van der Waals surface area contributed by atoms with Crippen molar-refractivity contribution < 1.29 is 14.7 Å². The van der Waals surface area contributed by atoms with Crippen LogP contribution in [0.5, 0.6) is 0 Å². The summed E-state index contributed by atoms with van der Waals surface area (Å²) in [5, 5.41) is 10.5. The summed E-state index contributed by atoms with van der Waals surface area (Å²) in [5.74, 6) is -1.04. The molecule has 0 atom stereocenters. The number of carbonyl (C=O) groups excluding carboxylic acids is 1. The highest BCUT2D eigenvalue weighted by atomic mass is 32.1. The normalized spacial score (nSPS) is 11.1. The standard InChI is InChI=1S/C11H17N3O3S/c1-7(2)3-14(5-9(12)15)4-8-6-18-10(13-8)11(16)17/h6-7H,3-5H2,1-2H3,(H2,12,15)(H,16,17). The first-order chi connectivity index (χ1) is 8.38. The molecule has 0 bridgehead atoms. The summed E-state index contributed by atoms with van der Waals surface area (Å²) >= 11 is 1.08. The molecule has 6 nitrogen and oxygen atoms in total. The van der Waals surface area contributed by atoms with Gasteiger partial charge in [-0.2, -0.15) is 0 Å². The summed E-state index contributed by atoms with van der Waals surface area (Å²) in [6.07, 6.45) is 0. The molecule has 1 aromatic heterocycles. The van der Waals surface area contributed by atoms with Crippen LogP contribution in [0.25, 0.3) is 0 Å². The summed E-state index contributed by atoms with van der Waals surface area (Å²) in [4.78, 5) is 27.5. The van der Waals surface area contributed by atoms with Gasteiger partial charge in [0.1, 0.15) is 0 Å². The van der Waals surface area contributed by atoms with Crippen molar-refractivity contribution in [2.75, 3.05) is 13.1 Å². The number of hydrogen-bond acceptors (Lipinski definition) is 5. The Balaban J connectivity index is 2.68. The Bertz CT molecular complexity index is 431. The lowest BCUT2D eigenvalue weighted by atomic mass is 10.2. The Kier molecular flexibility index (Phi) is 5.24. The van der Waals surface area contributed by atoms with E-state index >= 15 is 0 Å². The number of carboxylic acids is 1. The molecule has 0 spiro atoms. The van der Waals surface area contributed by atoms with E-state index < -0.39 is 11.9 Å². The average molecular weight is 271 g/mol. The smallest absolute Gasteiger partial charge is 0.365 e. The largest absolute Gasteiger partial charge is 0.476 e. The maximum Gasteiger partial charge on any atom is 0.365 e. The van der Waals surface area contributed by atoms with Gasteiger partial charge in [0.15, 0.2) is 0 Å². The zero-order valence-corrected chi connectivity index (χ0v) is 11.2. The number of aromatic carboxylic acids is 1. The first kappa shape index (κ1) is 14.6. The summed E-state index contributed by atoms with van der Waals surface area (Å²) < 4.78 is 0. The van der Waals surface area contributed by atoms with E-state index in [9.17, 15) is 9.59 Å². The lowest BCUT2D eigenvalue weighted by Crippen LogP contribution is -2.35. The summed E-state index contributed by atoms with van der Waals surface area (Å²) in [6.45, 7) is 5.38. The minimum atomic E-state index is -1.03. The third-order valence-electron chi connectivity index (χ3n) is 2.12. The molecule has 0 fully saturated rings. The van der Waals surface area contributed by atoms with Gasteiger partial charge in [0.2, 0.25) is 10.9 Å². The SMILES string of the molecule is CC(C)CN(CC(N)=O)Cc1csc(C(=O)O)n1. The van der Waals surface area contributed by atoms with Crippen LogP contribution in [0.1, 0.15) is 29.3 Å². The van der Waals surface area contributed by atoms with Crippen molar-refractivity contribution in [2.24, 2.45) is 11.7 Å². The fraction of sp³-hybridized carbons (Fsp3) is 0.545. The Morgan fingerprint density at radius 1 is 1.56 bits per heavy atom. The van der Waals surface area contributed by atoms with E-state index in [1.165, 1.54) is 0 Å². The highest BCUT2D eigenvalue weighted by Crippen LogP contribution is 2.12. The Morgan fingerprint density at radius 2 is 2.22 bits per heavy atom. The van der Waals surface area contributed by atoms with Crippen LogP contribution in [-0.2, 0) is 11.3 Å². The summed E-state index contributed by atoms with van der Waals surface area (Å²) in [6, 6.07) is 0. The van der Waals surface area contributed by atoms with E-state index in [1.54, 1.807) is 5.38 Å². The van der Waals surface area contributed by atoms with Gasteiger partial charge in [0.05, 0.1) is 12.2 Å². The van der Waals surface area contributed by atoms with Crippen LogP contribution in [0.3, 0.4) is 0 Å². The van der Waals surface area contributed by atoms with E-state index in [0.717, 1.165) is 11.3 Å². The molecule has 0 unspecified atom stereocenters. The third kappa shape index (κ3) is 4.80. The summed E-state index contributed by atoms with van der Waals surface area (Å²) in [5.41, 5.74) is 5.84. The Morgan fingerprint density at radius 3 is 2.67 bits per heavy atom. The minimum absolute atomic E-state index is 0.0635. The molecule has 100 valence electrons. The molecule has 0 radical (unpaired) electrons. The van der Waals surface area contributed by atoms with Crippen molar-refractivity contribution in [1.82, 2.24) is 9.88 Å². The molecule has 0 saturated carbocycles. The Hall–Kier alpha value is -1.47. The van der Waals surface area contributed by atoms with E-state index in [4.69, 9.17) is 10.8 Å². The van der Waals surface area contributed by atoms with Gasteiger partial charge in [0, 0.05) is 18.5 Å². The highest BCUT2D eigenvalue weighted by Gasteiger charge is 2.14. The van der Waals surface area contributed by atoms with Gasteiger partial charge in [-0.1, -0.05) is 13.8 Å². The van der Waals surface area contributed by atoms with E-state index in [1.807, 2.05) is 18.7 Å². The summed E-state index contributed by atoms with van der Waals surface area (Å²) in [7, 11) is 0. The second-order valence-electron chi connectivity index (χ2n) is 4.48. The zero-order valence-electron chi connectivity index (χ0n) is 10.4. The van der Waals surface area contributed by atoms with Gasteiger partial charge >= 0.3 is 5.97 Å². The fourth-order valence-corrected chi connectivity index (χ4v) is 2.27. The molecule has 0 aliphatic carbocycles. The minimum Gasteiger partial charge on any atom is -0.476 e. The fourth-order valence-electron chi connectivity index (χ4n) is 1.63. The van der Waals surface area contributed by atoms with Crippen molar-refractivity contribution in [3.63, 3.8) is 0 Å². The molecule has 3 N–H and O–H groups in total. The third-order valence-corrected chi connectivity index (χ3v) is 3.00. The van der Waals surface area contributed by atoms with Crippen molar-refractivity contribution in [3.8, 4) is 0 Å². The van der Waals surface area contributed by atoms with Crippen LogP contribution < -0.4 is 5.73 Å². The highest BCUT2D eigenvalue weighted by molar-refractivity contribution is 7.11. The van der Waals surface area contributed by atoms with Gasteiger partial charge in [-0.3, -0.25) is 9.69 Å². The second kappa shape index (κ2) is 6.46. The van der Waals surface area contributed by atoms with E-state index in [-0.39, 0.29) is 11.6 Å². The molecule has 18 heavy (non-hydrogen) atoms. The number of thiazole rings is 1. The number of hydrogen-bond donors (Lipinski definition) is 2. The number of rotatable bonds is 7. The molecule has 1 aromatic rings. The molecular weight excluding hydrogens is 254 g/mol. The van der Waals surface area contributed by atoms with Crippen LogP contribution in [0.4, 0.5) is 0 Å². The first-order valence-electron chi connectivity index (χ1n) is 5.56. The number of amides is 1. The predicted octanol–water partition coefficient (Wildman–Crippen LogP) is 0.785. The van der Waals surface area contributed by atoms with Gasteiger partial charge < -0.3 is 10.8 Å². The van der Waals surface area contributed by atoms with Gasteiger partial charge in [-0.05, 0) is 5.92 Å². The van der Waals surface area contributed by atoms with Crippen molar-refractivity contribution in [3.05, 3.63) is 16.1 Å². The van der Waals surface area contributed by atoms with E-state index in [2.05, 4.69) is 4.98 Å². The Labute approximate surface area is 109 Å². The van der Waals surface area contributed by atoms with Gasteiger partial charge in [-0.15, -0.1) is 11.3 Å². The second-order valence-corrected chi connectivity index (χ2v) is 5.34. The van der Waals surface area contributed by atoms with Crippen molar-refractivity contribution in [1.29, 1.82) is 0 Å². The molecule has 0 aliphatic heterocycles. The predicted molar refractivity (Wildman–Crippen MR) is 68.4 cm³/mol. The van der Waals surface area contributed by atoms with Crippen LogP contribution >= 0.6 is 11.3 Å². The quantitative estimate of drug-likeness (QED) is 0.764. The lowest BCUT2D eigenvalue weighted by molar-refractivity contribution is -0.119. The number of nitrogens with zero attached hydrogens (tertiary/aromatic N) is 2. The van der Waals surface area contributed by atoms with Gasteiger partial charge in [0.25, 0.3) is 0 Å². The first-order valence-corrected chi connectivity index (χ1v) is 6.44. The maximum absolute atomic E-state index is 11.0. The molecule has 7 heteroatoms. The monoisotopic (exact) mass is 271 g/mol. The van der Waals surface area contributed by atoms with Crippen LogP contribution in [0.2, 0.25) is 0 Å². The molecule has 1 amide bonds. The molecule has 0 saturated heterocycles. The number of carboxylic acid groups (broad SMARTS) is 1. The number of aromatic nitrogens is 1. The molecule has 0 aliphatic rings. The topological polar surface area (TPSA) is 96.5 Å². The van der Waals surface area contributed by atoms with Crippen LogP contribution in [0.15, 0.2) is 5.38 Å². The molecular formula is C11H17N3O3S. The maximum atomic E-state index is 11.0. The molecule has 1 heterocycles. The molecule has 0 aromatic carbocycles. The zero-order chi connectivity index (χ0) is 13.7. The van der Waals surface area contributed by atoms with E-state index in [0.29, 0.717) is 24.7 Å². The van der Waals surface area contributed by atoms with Crippen LogP contribution in [0, 0.1) is 5.92 Å². The van der Waals surface area contributed by atoms with Crippen LogP contribution in [-0.4, -0.2) is 40.0 Å². The number of nitrogens with two attached hydrogens (primary N) is 1. The van der Waals surface area contributed by atoms with Gasteiger partial charge in [-0.25, -0.2) is 9.78 Å². The lowest BCUT2D eigenvalue weighted by Gasteiger charge is -2.21. The average Bonchev–Trinajstić information content (AvgIpc) is 2.63. The van der Waals surface area contributed by atoms with Crippen molar-refractivity contribution in [2.45, 2.75) is 20.4 Å². The molecule has 1 rings (SSSR count). The number of primary amides is 1.